The van der Waals surface area contributed by atoms with E-state index < -0.39 is 0 Å². The normalized spacial score (nSPS) is 16.0. The number of ether oxygens (including phenoxy) is 1. The minimum atomic E-state index is -0.133. The number of urea groups is 1. The van der Waals surface area contributed by atoms with E-state index in [1.165, 1.54) is 0 Å². The summed E-state index contributed by atoms with van der Waals surface area (Å²) >= 11 is 1.63. The first-order valence-electron chi connectivity index (χ1n) is 8.03. The van der Waals surface area contributed by atoms with Gasteiger partial charge in [0.15, 0.2) is 5.13 Å². The molecule has 1 unspecified atom stereocenters. The summed E-state index contributed by atoms with van der Waals surface area (Å²) in [5.74, 6) is 0. The second kappa shape index (κ2) is 8.12. The van der Waals surface area contributed by atoms with Crippen molar-refractivity contribution in [3.05, 3.63) is 47.5 Å². The second-order valence-corrected chi connectivity index (χ2v) is 6.48. The number of carbonyl (C=O) groups excluding carboxylic acids is 1. The predicted molar refractivity (Wildman–Crippen MR) is 95.5 cm³/mol. The third-order valence-electron chi connectivity index (χ3n) is 4.15. The lowest BCUT2D eigenvalue weighted by atomic mass is 10.1. The lowest BCUT2D eigenvalue weighted by molar-refractivity contribution is 0.101. The Balaban J connectivity index is 1.47. The van der Waals surface area contributed by atoms with Crippen LogP contribution < -0.4 is 10.2 Å². The van der Waals surface area contributed by atoms with Gasteiger partial charge in [-0.1, -0.05) is 30.3 Å². The van der Waals surface area contributed by atoms with Gasteiger partial charge < -0.3 is 19.9 Å². The first-order valence-corrected chi connectivity index (χ1v) is 8.91. The van der Waals surface area contributed by atoms with Crippen LogP contribution in [0.2, 0.25) is 0 Å². The number of aromatic nitrogens is 1. The minimum absolute atomic E-state index is 0.0354. The molecule has 0 aliphatic carbocycles. The molecule has 1 aromatic carbocycles. The van der Waals surface area contributed by atoms with Crippen molar-refractivity contribution in [3.63, 3.8) is 0 Å². The van der Waals surface area contributed by atoms with Gasteiger partial charge in [-0.3, -0.25) is 0 Å². The van der Waals surface area contributed by atoms with Gasteiger partial charge in [-0.05, 0) is 5.56 Å². The highest BCUT2D eigenvalue weighted by atomic mass is 32.1. The summed E-state index contributed by atoms with van der Waals surface area (Å²) in [6.07, 6.45) is 1.68. The van der Waals surface area contributed by atoms with Crippen LogP contribution >= 0.6 is 11.3 Å². The average Bonchev–Trinajstić information content (AvgIpc) is 3.18. The van der Waals surface area contributed by atoms with E-state index in [-0.39, 0.29) is 12.1 Å². The van der Waals surface area contributed by atoms with Gasteiger partial charge in [-0.2, -0.15) is 0 Å². The Bertz CT molecular complexity index is 627. The van der Waals surface area contributed by atoms with Gasteiger partial charge in [0.05, 0.1) is 6.10 Å². The maximum absolute atomic E-state index is 12.4. The van der Waals surface area contributed by atoms with Crippen LogP contribution in [0.1, 0.15) is 11.7 Å². The molecular formula is C17H22N4O2S. The summed E-state index contributed by atoms with van der Waals surface area (Å²) in [6, 6.07) is 9.89. The molecule has 1 aliphatic rings. The van der Waals surface area contributed by atoms with E-state index in [0.717, 1.165) is 23.8 Å². The fourth-order valence-electron chi connectivity index (χ4n) is 2.77. The number of piperazine rings is 1. The van der Waals surface area contributed by atoms with Crippen LogP contribution in [0.3, 0.4) is 0 Å². The van der Waals surface area contributed by atoms with Gasteiger partial charge in [0, 0.05) is 51.4 Å². The van der Waals surface area contributed by atoms with Crippen molar-refractivity contribution in [1.29, 1.82) is 0 Å². The first-order chi connectivity index (χ1) is 11.8. The topological polar surface area (TPSA) is 57.7 Å². The molecule has 6 nitrogen and oxygen atoms in total. The molecule has 0 spiro atoms. The molecule has 0 saturated carbocycles. The standard InChI is InChI=1S/C17H22N4O2S/c1-23-15(14-5-3-2-4-6-14)13-19-16(22)20-8-10-21(11-9-20)17-18-7-12-24-17/h2-7,12,15H,8-11,13H2,1H3,(H,19,22). The molecule has 1 N–H and O–H groups in total. The van der Waals surface area contributed by atoms with E-state index in [4.69, 9.17) is 4.74 Å². The third kappa shape index (κ3) is 4.04. The number of hydrogen-bond donors (Lipinski definition) is 1. The molecule has 128 valence electrons. The predicted octanol–water partition coefficient (Wildman–Crippen LogP) is 2.36. The van der Waals surface area contributed by atoms with Gasteiger partial charge in [0.2, 0.25) is 0 Å². The van der Waals surface area contributed by atoms with E-state index >= 15 is 0 Å². The highest BCUT2D eigenvalue weighted by Crippen LogP contribution is 2.19. The minimum Gasteiger partial charge on any atom is -0.375 e. The highest BCUT2D eigenvalue weighted by Gasteiger charge is 2.23. The van der Waals surface area contributed by atoms with Crippen LogP contribution in [-0.2, 0) is 4.74 Å². The molecule has 3 rings (SSSR count). The molecule has 2 amide bonds. The Morgan fingerprint density at radius 2 is 2.04 bits per heavy atom. The number of benzene rings is 1. The number of nitrogens with zero attached hydrogens (tertiary/aromatic N) is 3. The van der Waals surface area contributed by atoms with E-state index in [1.807, 2.05) is 46.8 Å². The number of rotatable bonds is 5. The molecule has 2 aromatic rings. The van der Waals surface area contributed by atoms with Crippen molar-refractivity contribution >= 4 is 22.5 Å². The Hall–Kier alpha value is -2.12. The fourth-order valence-corrected chi connectivity index (χ4v) is 3.47. The zero-order valence-electron chi connectivity index (χ0n) is 13.7. The van der Waals surface area contributed by atoms with E-state index in [9.17, 15) is 4.79 Å². The van der Waals surface area contributed by atoms with Gasteiger partial charge in [-0.15, -0.1) is 11.3 Å². The molecule has 24 heavy (non-hydrogen) atoms. The van der Waals surface area contributed by atoms with Crippen LogP contribution in [-0.4, -0.2) is 55.7 Å². The van der Waals surface area contributed by atoms with Crippen LogP contribution in [0.15, 0.2) is 41.9 Å². The molecule has 1 aromatic heterocycles. The Morgan fingerprint density at radius 3 is 2.67 bits per heavy atom. The molecule has 1 fully saturated rings. The molecule has 7 heteroatoms. The summed E-state index contributed by atoms with van der Waals surface area (Å²) in [6.45, 7) is 3.50. The zero-order valence-corrected chi connectivity index (χ0v) is 14.5. The van der Waals surface area contributed by atoms with Crippen molar-refractivity contribution in [1.82, 2.24) is 15.2 Å². The first kappa shape index (κ1) is 16.7. The molecule has 0 bridgehead atoms. The number of methoxy groups -OCH3 is 1. The number of nitrogens with one attached hydrogen (secondary N) is 1. The summed E-state index contributed by atoms with van der Waals surface area (Å²) in [4.78, 5) is 20.8. The van der Waals surface area contributed by atoms with Crippen molar-refractivity contribution in [2.75, 3.05) is 44.7 Å². The Kier molecular flexibility index (Phi) is 5.66. The third-order valence-corrected chi connectivity index (χ3v) is 4.98. The number of amides is 2. The summed E-state index contributed by atoms with van der Waals surface area (Å²) in [5, 5.41) is 5.98. The van der Waals surface area contributed by atoms with E-state index in [2.05, 4.69) is 15.2 Å². The van der Waals surface area contributed by atoms with Crippen molar-refractivity contribution in [3.8, 4) is 0 Å². The number of anilines is 1. The molecular weight excluding hydrogens is 324 g/mol. The largest absolute Gasteiger partial charge is 0.375 e. The van der Waals surface area contributed by atoms with Gasteiger partial charge >= 0.3 is 6.03 Å². The number of hydrogen-bond acceptors (Lipinski definition) is 5. The molecule has 0 radical (unpaired) electrons. The maximum Gasteiger partial charge on any atom is 0.317 e. The number of thiazole rings is 1. The van der Waals surface area contributed by atoms with Crippen LogP contribution in [0.4, 0.5) is 9.93 Å². The van der Waals surface area contributed by atoms with Crippen molar-refractivity contribution < 1.29 is 9.53 Å². The van der Waals surface area contributed by atoms with Crippen LogP contribution in [0.25, 0.3) is 0 Å². The maximum atomic E-state index is 12.4. The number of carbonyl (C=O) groups is 1. The monoisotopic (exact) mass is 346 g/mol. The molecule has 1 aliphatic heterocycles. The highest BCUT2D eigenvalue weighted by molar-refractivity contribution is 7.13. The summed E-state index contributed by atoms with van der Waals surface area (Å²) in [7, 11) is 1.66. The van der Waals surface area contributed by atoms with Crippen molar-refractivity contribution in [2.45, 2.75) is 6.10 Å². The van der Waals surface area contributed by atoms with E-state index in [0.29, 0.717) is 19.6 Å². The summed E-state index contributed by atoms with van der Waals surface area (Å²) < 4.78 is 5.49. The second-order valence-electron chi connectivity index (χ2n) is 5.61. The quantitative estimate of drug-likeness (QED) is 0.903. The zero-order chi connectivity index (χ0) is 16.8. The van der Waals surface area contributed by atoms with E-state index in [1.54, 1.807) is 18.4 Å². The fraction of sp³-hybridized carbons (Fsp3) is 0.412. The van der Waals surface area contributed by atoms with Crippen molar-refractivity contribution in [2.24, 2.45) is 0 Å². The Morgan fingerprint density at radius 1 is 1.29 bits per heavy atom. The molecule has 1 atom stereocenters. The molecule has 1 saturated heterocycles. The lowest BCUT2D eigenvalue weighted by Gasteiger charge is -2.34. The molecule has 2 heterocycles. The average molecular weight is 346 g/mol. The van der Waals surface area contributed by atoms with Gasteiger partial charge in [-0.25, -0.2) is 9.78 Å². The lowest BCUT2D eigenvalue weighted by Crippen LogP contribution is -2.52. The Labute approximate surface area is 146 Å². The summed E-state index contributed by atoms with van der Waals surface area (Å²) in [5.41, 5.74) is 1.06. The smallest absolute Gasteiger partial charge is 0.317 e. The van der Waals surface area contributed by atoms with Gasteiger partial charge in [0.25, 0.3) is 0 Å². The van der Waals surface area contributed by atoms with Gasteiger partial charge in [0.1, 0.15) is 0 Å². The SMILES string of the molecule is COC(CNC(=O)N1CCN(c2nccs2)CC1)c1ccccc1. The van der Waals surface area contributed by atoms with Crippen LogP contribution in [0.5, 0.6) is 0 Å². The van der Waals surface area contributed by atoms with Crippen LogP contribution in [0, 0.1) is 0 Å².